The lowest BCUT2D eigenvalue weighted by Gasteiger charge is -2.39. The number of anilines is 4. The number of carbonyl (C=O) groups excluding carboxylic acids is 1. The normalized spacial score (nSPS) is 18.3. The number of hydrogen-bond acceptors (Lipinski definition) is 12. The molecule has 0 spiro atoms. The topological polar surface area (TPSA) is 147 Å². The zero-order valence-corrected chi connectivity index (χ0v) is 44.5. The van der Waals surface area contributed by atoms with Crippen molar-refractivity contribution in [2.24, 2.45) is 11.8 Å². The van der Waals surface area contributed by atoms with E-state index < -0.39 is 44.7 Å². The Balaban J connectivity index is 0.000000221. The zero-order chi connectivity index (χ0) is 54.9. The summed E-state index contributed by atoms with van der Waals surface area (Å²) in [6, 6.07) is 21.6. The van der Waals surface area contributed by atoms with Crippen molar-refractivity contribution in [3.8, 4) is 0 Å². The van der Waals surface area contributed by atoms with E-state index in [4.69, 9.17) is 35.4 Å². The minimum absolute atomic E-state index is 0.0344. The average Bonchev–Trinajstić information content (AvgIpc) is 3.39. The number of thiocarbonyl (C=S) groups is 1. The van der Waals surface area contributed by atoms with E-state index in [9.17, 15) is 51.4 Å². The molecular weight excluding hydrogens is 1060 g/mol. The Hall–Kier alpha value is -5.68. The van der Waals surface area contributed by atoms with Crippen LogP contribution in [0.4, 0.5) is 60.5 Å². The smallest absolute Gasteiger partial charge is 0.382 e. The summed E-state index contributed by atoms with van der Waals surface area (Å²) in [5.41, 5.74) is -1.70. The minimum atomic E-state index is -4.82. The van der Waals surface area contributed by atoms with Gasteiger partial charge in [0.15, 0.2) is 0 Å². The number of nitrogens with zero attached hydrogens (tertiary/aromatic N) is 8. The van der Waals surface area contributed by atoms with Gasteiger partial charge in [0, 0.05) is 160 Å². The van der Waals surface area contributed by atoms with Crippen LogP contribution in [0.2, 0.25) is 10.0 Å². The van der Waals surface area contributed by atoms with Crippen molar-refractivity contribution in [3.63, 3.8) is 0 Å². The van der Waals surface area contributed by atoms with Crippen LogP contribution in [-0.4, -0.2) is 144 Å². The van der Waals surface area contributed by atoms with Gasteiger partial charge in [0.05, 0.1) is 14.8 Å². The molecule has 2 atom stereocenters. The van der Waals surface area contributed by atoms with Gasteiger partial charge in [-0.15, -0.1) is 0 Å². The summed E-state index contributed by atoms with van der Waals surface area (Å²) < 4.78 is 79.7. The van der Waals surface area contributed by atoms with Crippen LogP contribution in [-0.2, 0) is 17.1 Å². The summed E-state index contributed by atoms with van der Waals surface area (Å²) in [4.78, 5) is 47.3. The van der Waals surface area contributed by atoms with Gasteiger partial charge in [-0.2, -0.15) is 26.3 Å². The van der Waals surface area contributed by atoms with E-state index in [-0.39, 0.29) is 41.2 Å². The number of hydrogen-bond donors (Lipinski definition) is 2. The molecule has 0 saturated carbocycles. The number of likely N-dealkylation sites (tertiary alicyclic amines) is 2. The van der Waals surface area contributed by atoms with Gasteiger partial charge in [-0.1, -0.05) is 49.3 Å². The van der Waals surface area contributed by atoms with Gasteiger partial charge < -0.3 is 30.2 Å². The number of piperidine rings is 2. The highest BCUT2D eigenvalue weighted by atomic mass is 35.5. The third-order valence-electron chi connectivity index (χ3n) is 14.4. The molecule has 4 fully saturated rings. The number of rotatable bonds is 14. The maximum atomic E-state index is 13.3. The largest absolute Gasteiger partial charge is 0.423 e. The highest BCUT2D eigenvalue weighted by Crippen LogP contribution is 2.39. The number of halogens is 8. The Morgan fingerprint density at radius 1 is 0.579 bits per heavy atom. The molecule has 4 aromatic carbocycles. The van der Waals surface area contributed by atoms with Crippen LogP contribution < -0.4 is 20.4 Å². The maximum Gasteiger partial charge on any atom is 0.423 e. The third-order valence-corrected chi connectivity index (χ3v) is 15.6. The molecule has 15 nitrogen and oxygen atoms in total. The van der Waals surface area contributed by atoms with Crippen molar-refractivity contribution < 1.29 is 41.0 Å². The first kappa shape index (κ1) is 58.0. The summed E-state index contributed by atoms with van der Waals surface area (Å²) in [5.74, 6) is 0.129. The van der Waals surface area contributed by atoms with E-state index in [2.05, 4.69) is 42.1 Å². The van der Waals surface area contributed by atoms with Crippen LogP contribution in [0.15, 0.2) is 84.9 Å². The van der Waals surface area contributed by atoms with Crippen molar-refractivity contribution in [1.29, 1.82) is 0 Å². The van der Waals surface area contributed by atoms with Gasteiger partial charge in [0.1, 0.15) is 11.1 Å². The molecule has 0 aromatic heterocycles. The van der Waals surface area contributed by atoms with Gasteiger partial charge in [0.2, 0.25) is 5.91 Å². The number of amides is 1. The Kier molecular flexibility index (Phi) is 19.6. The molecule has 4 aromatic rings. The molecule has 4 aliphatic rings. The fraction of sp³-hybridized carbons (Fsp3) is 0.500. The fourth-order valence-electron chi connectivity index (χ4n) is 10.2. The van der Waals surface area contributed by atoms with Gasteiger partial charge in [-0.25, -0.2) is 0 Å². The van der Waals surface area contributed by atoms with Crippen molar-refractivity contribution >= 4 is 80.4 Å². The van der Waals surface area contributed by atoms with Crippen LogP contribution >= 0.6 is 35.4 Å². The molecule has 76 heavy (non-hydrogen) atoms. The number of piperazine rings is 2. The number of alkyl halides is 6. The van der Waals surface area contributed by atoms with Crippen molar-refractivity contribution in [2.45, 2.75) is 64.0 Å². The highest BCUT2D eigenvalue weighted by Gasteiger charge is 2.40. The van der Waals surface area contributed by atoms with Crippen LogP contribution in [0.5, 0.6) is 0 Å². The lowest BCUT2D eigenvalue weighted by atomic mass is 10.0. The Bertz CT molecular complexity index is 2450. The molecule has 2 unspecified atom stereocenters. The predicted molar refractivity (Wildman–Crippen MR) is 289 cm³/mol. The molecule has 0 bridgehead atoms. The summed E-state index contributed by atoms with van der Waals surface area (Å²) in [7, 11) is 0. The summed E-state index contributed by atoms with van der Waals surface area (Å²) in [6.45, 7) is 15.3. The molecule has 4 heterocycles. The number of nitro benzene ring substituents is 2. The minimum Gasteiger partial charge on any atom is -0.382 e. The summed E-state index contributed by atoms with van der Waals surface area (Å²) in [6.07, 6.45) is -7.04. The Labute approximate surface area is 453 Å². The van der Waals surface area contributed by atoms with E-state index in [0.29, 0.717) is 63.4 Å². The second-order valence-electron chi connectivity index (χ2n) is 19.8. The molecule has 4 aliphatic heterocycles. The predicted octanol–water partition coefficient (Wildman–Crippen LogP) is 11.1. The monoisotopic (exact) mass is 1120 g/mol. The van der Waals surface area contributed by atoms with E-state index in [0.717, 1.165) is 98.9 Å². The van der Waals surface area contributed by atoms with Gasteiger partial charge in [-0.05, 0) is 98.5 Å². The zero-order valence-electron chi connectivity index (χ0n) is 42.2. The molecule has 4 saturated heterocycles. The second-order valence-corrected chi connectivity index (χ2v) is 21.1. The molecule has 2 N–H and O–H groups in total. The van der Waals surface area contributed by atoms with Gasteiger partial charge in [-0.3, -0.25) is 34.8 Å². The van der Waals surface area contributed by atoms with Gasteiger partial charge in [0.25, 0.3) is 11.4 Å². The van der Waals surface area contributed by atoms with Crippen LogP contribution in [0.25, 0.3) is 0 Å². The van der Waals surface area contributed by atoms with Crippen LogP contribution in [0, 0.1) is 32.1 Å². The molecule has 0 radical (unpaired) electrons. The molecule has 0 aliphatic carbocycles. The summed E-state index contributed by atoms with van der Waals surface area (Å²) in [5, 5.41) is 29.6. The van der Waals surface area contributed by atoms with E-state index >= 15 is 0 Å². The standard InChI is InChI=1S/C26H31ClF3N5O3.C26H31ClF3N5O2S/c1-18(17-32-12-14-33(15-13-32)22-5-2-19(27)3-6-22)25(36)34-10-8-20(9-11-34)31-21-4-7-24(35(37)38)23(16-21)26(28,29)30;1-18(17-32-12-14-33(15-13-32)22-5-2-19(27)3-6-22)25(38)34-10-8-20(9-11-34)31-21-4-7-24(35(36)37)23(16-21)26(28,29)30/h2*2-7,16,18,20,31H,8-15,17H2,1H3. The molecule has 8 rings (SSSR count). The summed E-state index contributed by atoms with van der Waals surface area (Å²) >= 11 is 17.8. The first-order valence-electron chi connectivity index (χ1n) is 25.3. The highest BCUT2D eigenvalue weighted by molar-refractivity contribution is 7.80. The number of nitro groups is 2. The van der Waals surface area contributed by atoms with E-state index in [1.165, 1.54) is 17.8 Å². The van der Waals surface area contributed by atoms with Crippen molar-refractivity contribution in [2.75, 3.05) is 112 Å². The third kappa shape index (κ3) is 15.7. The lowest BCUT2D eigenvalue weighted by Crippen LogP contribution is -2.50. The SMILES string of the molecule is CC(CN1CCN(c2ccc(Cl)cc2)CC1)C(=O)N1CCC(Nc2ccc([N+](=O)[O-])c(C(F)(F)F)c2)CC1.CC(CN1CCN(c2ccc(Cl)cc2)CC1)C(=S)N1CCC(Nc2ccc([N+](=O)[O-])c(C(F)(F)F)c2)CC1. The number of benzene rings is 4. The molecular formula is C52H62Cl2F6N10O5S. The average molecular weight is 1120 g/mol. The Morgan fingerprint density at radius 2 is 0.934 bits per heavy atom. The quantitative estimate of drug-likeness (QED) is 0.0535. The molecule has 1 amide bonds. The lowest BCUT2D eigenvalue weighted by molar-refractivity contribution is -0.388. The first-order chi connectivity index (χ1) is 36.0. The first-order valence-corrected chi connectivity index (χ1v) is 26.5. The molecule has 412 valence electrons. The maximum absolute atomic E-state index is 13.3. The van der Waals surface area contributed by atoms with Gasteiger partial charge >= 0.3 is 12.4 Å². The van der Waals surface area contributed by atoms with E-state index in [1.54, 1.807) is 0 Å². The van der Waals surface area contributed by atoms with Crippen molar-refractivity contribution in [3.05, 3.63) is 126 Å². The number of carbonyl (C=O) groups is 1. The fourth-order valence-corrected chi connectivity index (χ4v) is 10.7. The van der Waals surface area contributed by atoms with E-state index in [1.807, 2.05) is 60.4 Å². The number of nitrogens with one attached hydrogen (secondary N) is 2. The molecule has 24 heteroatoms. The van der Waals surface area contributed by atoms with Crippen LogP contribution in [0.1, 0.15) is 50.7 Å². The van der Waals surface area contributed by atoms with Crippen molar-refractivity contribution in [1.82, 2.24) is 19.6 Å². The Morgan fingerprint density at radius 3 is 1.29 bits per heavy atom. The second kappa shape index (κ2) is 25.6. The van der Waals surface area contributed by atoms with Crippen LogP contribution in [0.3, 0.4) is 0 Å².